The van der Waals surface area contributed by atoms with Crippen molar-refractivity contribution in [3.63, 3.8) is 0 Å². The number of nitrogens with two attached hydrogens (primary N) is 2. The maximum atomic E-state index is 14.0. The van der Waals surface area contributed by atoms with E-state index in [4.69, 9.17) is 23.1 Å². The highest BCUT2D eigenvalue weighted by Gasteiger charge is 2.21. The molecule has 2 aromatic carbocycles. The molecule has 0 fully saturated rings. The summed E-state index contributed by atoms with van der Waals surface area (Å²) in [5.74, 6) is -1.94. The van der Waals surface area contributed by atoms with Gasteiger partial charge >= 0.3 is 0 Å². The summed E-state index contributed by atoms with van der Waals surface area (Å²) in [7, 11) is 0. The molecule has 0 spiro atoms. The smallest absolute Gasteiger partial charge is 0.264 e. The zero-order chi connectivity index (χ0) is 23.9. The van der Waals surface area contributed by atoms with Gasteiger partial charge in [0.05, 0.1) is 22.1 Å². The SMILES string of the molecule is CC(Nc1nc(N)nc(N)c1C#N)c1cc2cccc(Cl)c2c(=O)n1-c1cc(F)cc(F)c1. The number of pyridine rings is 1. The Kier molecular flexibility index (Phi) is 5.57. The van der Waals surface area contributed by atoms with Crippen molar-refractivity contribution in [1.29, 1.82) is 5.26 Å². The molecule has 2 aromatic heterocycles. The molecule has 4 aromatic rings. The van der Waals surface area contributed by atoms with Crippen molar-refractivity contribution in [2.75, 3.05) is 16.8 Å². The van der Waals surface area contributed by atoms with Gasteiger partial charge in [0.1, 0.15) is 29.1 Å². The predicted octanol–water partition coefficient (Wildman–Crippen LogP) is 3.92. The lowest BCUT2D eigenvalue weighted by molar-refractivity contribution is 0.580. The third-order valence-corrected chi connectivity index (χ3v) is 5.31. The van der Waals surface area contributed by atoms with Crippen molar-refractivity contribution in [1.82, 2.24) is 14.5 Å². The number of fused-ring (bicyclic) bond motifs is 1. The van der Waals surface area contributed by atoms with Crippen molar-refractivity contribution in [3.8, 4) is 11.8 Å². The largest absolute Gasteiger partial charge is 0.382 e. The van der Waals surface area contributed by atoms with Crippen LogP contribution >= 0.6 is 11.6 Å². The van der Waals surface area contributed by atoms with Crippen molar-refractivity contribution >= 4 is 40.0 Å². The van der Waals surface area contributed by atoms with E-state index in [0.29, 0.717) is 17.1 Å². The minimum absolute atomic E-state index is 0.0365. The van der Waals surface area contributed by atoms with Gasteiger partial charge in [0, 0.05) is 11.8 Å². The Labute approximate surface area is 191 Å². The number of halogens is 3. The van der Waals surface area contributed by atoms with Crippen LogP contribution in [-0.2, 0) is 0 Å². The van der Waals surface area contributed by atoms with E-state index in [1.54, 1.807) is 31.2 Å². The quantitative estimate of drug-likeness (QED) is 0.413. The van der Waals surface area contributed by atoms with E-state index >= 15 is 0 Å². The van der Waals surface area contributed by atoms with E-state index < -0.39 is 23.2 Å². The Hall–Kier alpha value is -4.23. The topological polar surface area (TPSA) is 136 Å². The molecule has 0 aliphatic heterocycles. The van der Waals surface area contributed by atoms with Crippen molar-refractivity contribution in [2.24, 2.45) is 0 Å². The normalized spacial score (nSPS) is 11.8. The fourth-order valence-electron chi connectivity index (χ4n) is 3.58. The minimum Gasteiger partial charge on any atom is -0.382 e. The van der Waals surface area contributed by atoms with Gasteiger partial charge in [-0.15, -0.1) is 0 Å². The fourth-order valence-corrected chi connectivity index (χ4v) is 3.85. The first kappa shape index (κ1) is 22.0. The Morgan fingerprint density at radius 3 is 2.52 bits per heavy atom. The number of anilines is 3. The number of nitrogens with one attached hydrogen (secondary N) is 1. The van der Waals surface area contributed by atoms with Gasteiger partial charge in [0.15, 0.2) is 5.82 Å². The molecule has 0 aliphatic carbocycles. The van der Waals surface area contributed by atoms with E-state index in [1.807, 2.05) is 6.07 Å². The van der Waals surface area contributed by atoms with Gasteiger partial charge in [-0.3, -0.25) is 9.36 Å². The van der Waals surface area contributed by atoms with Crippen LogP contribution in [0.4, 0.5) is 26.4 Å². The van der Waals surface area contributed by atoms with Crippen molar-refractivity contribution in [2.45, 2.75) is 13.0 Å². The predicted molar refractivity (Wildman–Crippen MR) is 122 cm³/mol. The third kappa shape index (κ3) is 4.02. The van der Waals surface area contributed by atoms with Crippen LogP contribution in [0.15, 0.2) is 47.3 Å². The highest BCUT2D eigenvalue weighted by Crippen LogP contribution is 2.29. The maximum Gasteiger partial charge on any atom is 0.264 e. The maximum absolute atomic E-state index is 14.0. The molecule has 33 heavy (non-hydrogen) atoms. The lowest BCUT2D eigenvalue weighted by Crippen LogP contribution is -2.26. The first-order valence-electron chi connectivity index (χ1n) is 9.60. The van der Waals surface area contributed by atoms with Gasteiger partial charge in [0.25, 0.3) is 5.56 Å². The Morgan fingerprint density at radius 2 is 1.85 bits per heavy atom. The minimum atomic E-state index is -0.856. The lowest BCUT2D eigenvalue weighted by Gasteiger charge is -2.22. The number of aromatic nitrogens is 3. The summed E-state index contributed by atoms with van der Waals surface area (Å²) < 4.78 is 29.2. The molecular formula is C22H16ClF2N7O. The molecule has 1 unspecified atom stereocenters. The van der Waals surface area contributed by atoms with Crippen LogP contribution in [0.25, 0.3) is 16.5 Å². The summed E-state index contributed by atoms with van der Waals surface area (Å²) in [6, 6.07) is 10.5. The summed E-state index contributed by atoms with van der Waals surface area (Å²) >= 11 is 6.26. The second-order valence-electron chi connectivity index (χ2n) is 7.21. The summed E-state index contributed by atoms with van der Waals surface area (Å²) in [5, 5.41) is 13.3. The number of nitriles is 1. The van der Waals surface area contributed by atoms with Crippen LogP contribution in [0.5, 0.6) is 0 Å². The summed E-state index contributed by atoms with van der Waals surface area (Å²) in [5.41, 5.74) is 11.1. The highest BCUT2D eigenvalue weighted by atomic mass is 35.5. The molecule has 0 radical (unpaired) electrons. The molecular weight excluding hydrogens is 452 g/mol. The van der Waals surface area contributed by atoms with E-state index in [9.17, 15) is 18.8 Å². The van der Waals surface area contributed by atoms with Gasteiger partial charge in [0.2, 0.25) is 5.95 Å². The number of nitrogen functional groups attached to an aromatic ring is 2. The average molecular weight is 468 g/mol. The van der Waals surface area contributed by atoms with Crippen molar-refractivity contribution < 1.29 is 8.78 Å². The van der Waals surface area contributed by atoms with Crippen LogP contribution < -0.4 is 22.3 Å². The van der Waals surface area contributed by atoms with E-state index in [-0.39, 0.29) is 39.2 Å². The molecule has 11 heteroatoms. The Balaban J connectivity index is 1.97. The number of nitrogens with zero attached hydrogens (tertiary/aromatic N) is 4. The Morgan fingerprint density at radius 1 is 1.15 bits per heavy atom. The van der Waals surface area contributed by atoms with Crippen molar-refractivity contribution in [3.05, 3.63) is 80.7 Å². The number of benzene rings is 2. The number of rotatable bonds is 4. The molecule has 166 valence electrons. The molecule has 8 nitrogen and oxygen atoms in total. The number of hydrogen-bond donors (Lipinski definition) is 3. The molecule has 0 aliphatic rings. The molecule has 0 saturated heterocycles. The molecule has 0 amide bonds. The first-order chi connectivity index (χ1) is 15.7. The van der Waals surface area contributed by atoms with Crippen LogP contribution in [0.3, 0.4) is 0 Å². The standard InChI is InChI=1S/C22H16ClF2N7O/c1-10(29-20-15(9-26)19(27)30-22(28)31-20)17-5-11-3-2-4-16(23)18(11)21(33)32(17)14-7-12(24)6-13(25)8-14/h2-8,10H,1H3,(H5,27,28,29,30,31). The van der Waals surface area contributed by atoms with Gasteiger partial charge in [-0.1, -0.05) is 23.7 Å². The van der Waals surface area contributed by atoms with Gasteiger partial charge in [-0.2, -0.15) is 15.2 Å². The van der Waals surface area contributed by atoms with Crippen LogP contribution in [-0.4, -0.2) is 14.5 Å². The third-order valence-electron chi connectivity index (χ3n) is 4.99. The average Bonchev–Trinajstić information content (AvgIpc) is 2.72. The zero-order valence-corrected chi connectivity index (χ0v) is 17.9. The van der Waals surface area contributed by atoms with E-state index in [0.717, 1.165) is 16.7 Å². The number of hydrogen-bond acceptors (Lipinski definition) is 7. The second-order valence-corrected chi connectivity index (χ2v) is 7.62. The van der Waals surface area contributed by atoms with E-state index in [1.165, 1.54) is 0 Å². The van der Waals surface area contributed by atoms with Gasteiger partial charge in [-0.05, 0) is 36.6 Å². The molecule has 4 rings (SSSR count). The highest BCUT2D eigenvalue weighted by molar-refractivity contribution is 6.35. The lowest BCUT2D eigenvalue weighted by atomic mass is 10.1. The zero-order valence-electron chi connectivity index (χ0n) is 17.1. The van der Waals surface area contributed by atoms with Gasteiger partial charge in [-0.25, -0.2) is 8.78 Å². The van der Waals surface area contributed by atoms with E-state index in [2.05, 4.69) is 15.3 Å². The summed E-state index contributed by atoms with van der Waals surface area (Å²) in [6.07, 6.45) is 0. The van der Waals surface area contributed by atoms with Crippen LogP contribution in [0, 0.1) is 23.0 Å². The van der Waals surface area contributed by atoms with Crippen LogP contribution in [0.2, 0.25) is 5.02 Å². The second kappa shape index (κ2) is 8.37. The fraction of sp³-hybridized carbons (Fsp3) is 0.0909. The Bertz CT molecular complexity index is 1490. The molecule has 0 bridgehead atoms. The first-order valence-corrected chi connectivity index (χ1v) is 9.97. The summed E-state index contributed by atoms with van der Waals surface area (Å²) in [4.78, 5) is 21.3. The molecule has 1 atom stereocenters. The molecule has 2 heterocycles. The van der Waals surface area contributed by atoms with Crippen LogP contribution in [0.1, 0.15) is 24.2 Å². The molecule has 5 N–H and O–H groups in total. The monoisotopic (exact) mass is 467 g/mol. The summed E-state index contributed by atoms with van der Waals surface area (Å²) in [6.45, 7) is 1.67. The van der Waals surface area contributed by atoms with Gasteiger partial charge < -0.3 is 16.8 Å². The molecule has 0 saturated carbocycles.